The van der Waals surface area contributed by atoms with Gasteiger partial charge in [0, 0.05) is 31.0 Å². The third-order valence-electron chi connectivity index (χ3n) is 4.59. The molecule has 0 amide bonds. The van der Waals surface area contributed by atoms with Crippen LogP contribution in [0.15, 0.2) is 24.5 Å². The lowest BCUT2D eigenvalue weighted by Gasteiger charge is -2.47. The number of hydrogen-bond donors (Lipinski definition) is 1. The molecule has 0 bridgehead atoms. The van der Waals surface area contributed by atoms with Gasteiger partial charge < -0.3 is 10.6 Å². The van der Waals surface area contributed by atoms with Crippen LogP contribution < -0.4 is 5.73 Å². The number of piperidine rings is 1. The van der Waals surface area contributed by atoms with Crippen LogP contribution >= 0.6 is 0 Å². The van der Waals surface area contributed by atoms with Crippen molar-refractivity contribution in [3.63, 3.8) is 0 Å². The van der Waals surface area contributed by atoms with Crippen molar-refractivity contribution in [1.29, 1.82) is 0 Å². The summed E-state index contributed by atoms with van der Waals surface area (Å²) >= 11 is 0. The van der Waals surface area contributed by atoms with E-state index in [0.29, 0.717) is 0 Å². The number of rotatable bonds is 5. The Kier molecular flexibility index (Phi) is 4.91. The van der Waals surface area contributed by atoms with Crippen molar-refractivity contribution in [1.82, 2.24) is 14.8 Å². The predicted octanol–water partition coefficient (Wildman–Crippen LogP) is 1.33. The molecule has 2 rings (SSSR count). The number of nitrogens with zero attached hydrogens (tertiary/aromatic N) is 3. The average molecular weight is 262 g/mol. The Balaban J connectivity index is 2.01. The van der Waals surface area contributed by atoms with Crippen molar-refractivity contribution in [2.24, 2.45) is 5.73 Å². The predicted molar refractivity (Wildman–Crippen MR) is 78.8 cm³/mol. The fourth-order valence-electron chi connectivity index (χ4n) is 2.96. The maximum Gasteiger partial charge on any atom is 0.0356 e. The standard InChI is InChI=1S/C15H26N4/c1-3-19-10-6-15(13-16,7-11-19)18(2)12-14-4-8-17-9-5-14/h4-5,8-9H,3,6-7,10-13,16H2,1-2H3. The summed E-state index contributed by atoms with van der Waals surface area (Å²) < 4.78 is 0. The molecular weight excluding hydrogens is 236 g/mol. The van der Waals surface area contributed by atoms with Crippen molar-refractivity contribution < 1.29 is 0 Å². The van der Waals surface area contributed by atoms with E-state index >= 15 is 0 Å². The number of hydrogen-bond acceptors (Lipinski definition) is 4. The van der Waals surface area contributed by atoms with Crippen LogP contribution in [0.25, 0.3) is 0 Å². The number of aromatic nitrogens is 1. The molecule has 0 atom stereocenters. The van der Waals surface area contributed by atoms with E-state index in [4.69, 9.17) is 5.73 Å². The van der Waals surface area contributed by atoms with E-state index < -0.39 is 0 Å². The van der Waals surface area contributed by atoms with Gasteiger partial charge in [0.25, 0.3) is 0 Å². The fraction of sp³-hybridized carbons (Fsp3) is 0.667. The van der Waals surface area contributed by atoms with Gasteiger partial charge in [0.2, 0.25) is 0 Å². The van der Waals surface area contributed by atoms with Crippen LogP contribution in [0.4, 0.5) is 0 Å². The van der Waals surface area contributed by atoms with Gasteiger partial charge in [-0.3, -0.25) is 9.88 Å². The molecule has 0 saturated carbocycles. The SMILES string of the molecule is CCN1CCC(CN)(N(C)Cc2ccncc2)CC1. The Bertz CT molecular complexity index is 371. The summed E-state index contributed by atoms with van der Waals surface area (Å²) in [4.78, 5) is 9.02. The molecule has 19 heavy (non-hydrogen) atoms. The van der Waals surface area contributed by atoms with E-state index in [9.17, 15) is 0 Å². The molecule has 4 heteroatoms. The van der Waals surface area contributed by atoms with Gasteiger partial charge in [0.05, 0.1) is 0 Å². The summed E-state index contributed by atoms with van der Waals surface area (Å²) in [5.41, 5.74) is 7.58. The van der Waals surface area contributed by atoms with Crippen LogP contribution in [0.1, 0.15) is 25.3 Å². The molecule has 1 aromatic heterocycles. The Labute approximate surface area is 116 Å². The van der Waals surface area contributed by atoms with Crippen molar-refractivity contribution in [3.8, 4) is 0 Å². The third kappa shape index (κ3) is 3.32. The molecule has 106 valence electrons. The minimum atomic E-state index is 0.162. The Morgan fingerprint density at radius 2 is 1.95 bits per heavy atom. The zero-order valence-electron chi connectivity index (χ0n) is 12.2. The molecule has 0 aliphatic carbocycles. The lowest BCUT2D eigenvalue weighted by atomic mass is 9.85. The summed E-state index contributed by atoms with van der Waals surface area (Å²) in [6.07, 6.45) is 6.05. The molecule has 1 saturated heterocycles. The highest BCUT2D eigenvalue weighted by atomic mass is 15.2. The number of nitrogens with two attached hydrogens (primary N) is 1. The molecule has 0 unspecified atom stereocenters. The highest BCUT2D eigenvalue weighted by Gasteiger charge is 2.36. The van der Waals surface area contributed by atoms with E-state index in [2.05, 4.69) is 40.9 Å². The number of likely N-dealkylation sites (N-methyl/N-ethyl adjacent to an activating group) is 1. The minimum absolute atomic E-state index is 0.162. The lowest BCUT2D eigenvalue weighted by Crippen LogP contribution is -2.57. The monoisotopic (exact) mass is 262 g/mol. The van der Waals surface area contributed by atoms with Crippen molar-refractivity contribution in [2.75, 3.05) is 33.2 Å². The molecule has 2 heterocycles. The van der Waals surface area contributed by atoms with Gasteiger partial charge in [-0.25, -0.2) is 0 Å². The van der Waals surface area contributed by atoms with Crippen LogP contribution in [0.5, 0.6) is 0 Å². The normalized spacial score (nSPS) is 19.8. The van der Waals surface area contributed by atoms with Gasteiger partial charge >= 0.3 is 0 Å². The van der Waals surface area contributed by atoms with E-state index in [1.807, 2.05) is 12.4 Å². The average Bonchev–Trinajstić information content (AvgIpc) is 2.48. The fourth-order valence-corrected chi connectivity index (χ4v) is 2.96. The molecule has 0 aromatic carbocycles. The molecular formula is C15H26N4. The van der Waals surface area contributed by atoms with Crippen LogP contribution in [0.3, 0.4) is 0 Å². The van der Waals surface area contributed by atoms with Crippen molar-refractivity contribution in [3.05, 3.63) is 30.1 Å². The zero-order valence-corrected chi connectivity index (χ0v) is 12.2. The smallest absolute Gasteiger partial charge is 0.0356 e. The summed E-state index contributed by atoms with van der Waals surface area (Å²) in [6, 6.07) is 4.17. The molecule has 1 fully saturated rings. The van der Waals surface area contributed by atoms with Gasteiger partial charge in [-0.15, -0.1) is 0 Å². The summed E-state index contributed by atoms with van der Waals surface area (Å²) in [5.74, 6) is 0. The Morgan fingerprint density at radius 1 is 1.32 bits per heavy atom. The summed E-state index contributed by atoms with van der Waals surface area (Å²) in [5, 5.41) is 0. The first-order chi connectivity index (χ1) is 9.20. The first-order valence-electron chi connectivity index (χ1n) is 7.23. The van der Waals surface area contributed by atoms with E-state index in [0.717, 1.165) is 32.7 Å². The van der Waals surface area contributed by atoms with Crippen molar-refractivity contribution in [2.45, 2.75) is 31.8 Å². The molecule has 1 aromatic rings. The molecule has 4 nitrogen and oxygen atoms in total. The van der Waals surface area contributed by atoms with Gasteiger partial charge in [-0.2, -0.15) is 0 Å². The minimum Gasteiger partial charge on any atom is -0.329 e. The maximum atomic E-state index is 6.11. The largest absolute Gasteiger partial charge is 0.329 e. The highest BCUT2D eigenvalue weighted by molar-refractivity contribution is 5.10. The summed E-state index contributed by atoms with van der Waals surface area (Å²) in [7, 11) is 2.20. The lowest BCUT2D eigenvalue weighted by molar-refractivity contribution is 0.0418. The summed E-state index contributed by atoms with van der Waals surface area (Å²) in [6.45, 7) is 7.39. The first-order valence-corrected chi connectivity index (χ1v) is 7.23. The zero-order chi connectivity index (χ0) is 13.7. The molecule has 1 aliphatic rings. The van der Waals surface area contributed by atoms with Gasteiger partial charge in [-0.1, -0.05) is 6.92 Å². The quantitative estimate of drug-likeness (QED) is 0.869. The number of likely N-dealkylation sites (tertiary alicyclic amines) is 1. The highest BCUT2D eigenvalue weighted by Crippen LogP contribution is 2.28. The van der Waals surface area contributed by atoms with Crippen LogP contribution in [-0.4, -0.2) is 53.5 Å². The van der Waals surface area contributed by atoms with Crippen LogP contribution in [-0.2, 0) is 6.54 Å². The first kappa shape index (κ1) is 14.4. The molecule has 0 radical (unpaired) electrons. The second kappa shape index (κ2) is 6.46. The second-order valence-electron chi connectivity index (χ2n) is 5.57. The van der Waals surface area contributed by atoms with Crippen LogP contribution in [0, 0.1) is 0 Å². The Hall–Kier alpha value is -0.970. The second-order valence-corrected chi connectivity index (χ2v) is 5.57. The molecule has 0 spiro atoms. The van der Waals surface area contributed by atoms with E-state index in [-0.39, 0.29) is 5.54 Å². The van der Waals surface area contributed by atoms with Gasteiger partial charge in [0.15, 0.2) is 0 Å². The number of pyridine rings is 1. The van der Waals surface area contributed by atoms with Gasteiger partial charge in [0.1, 0.15) is 0 Å². The third-order valence-corrected chi connectivity index (χ3v) is 4.59. The Morgan fingerprint density at radius 3 is 2.47 bits per heavy atom. The van der Waals surface area contributed by atoms with Crippen LogP contribution in [0.2, 0.25) is 0 Å². The van der Waals surface area contributed by atoms with E-state index in [1.165, 1.54) is 18.4 Å². The molecule has 2 N–H and O–H groups in total. The van der Waals surface area contributed by atoms with Crippen molar-refractivity contribution >= 4 is 0 Å². The van der Waals surface area contributed by atoms with Gasteiger partial charge in [-0.05, 0) is 57.2 Å². The topological polar surface area (TPSA) is 45.4 Å². The van der Waals surface area contributed by atoms with E-state index in [1.54, 1.807) is 0 Å². The maximum absolute atomic E-state index is 6.11. The molecule has 1 aliphatic heterocycles.